The first-order valence-corrected chi connectivity index (χ1v) is 7.40. The van der Waals surface area contributed by atoms with Crippen molar-refractivity contribution in [2.45, 2.75) is 39.7 Å². The molecule has 1 unspecified atom stereocenters. The fourth-order valence-electron chi connectivity index (χ4n) is 2.52. The van der Waals surface area contributed by atoms with Crippen molar-refractivity contribution in [1.29, 1.82) is 0 Å². The van der Waals surface area contributed by atoms with E-state index in [0.717, 1.165) is 18.5 Å². The van der Waals surface area contributed by atoms with Gasteiger partial charge in [0.05, 0.1) is 7.11 Å². The average Bonchev–Trinajstić information content (AvgIpc) is 2.91. The van der Waals surface area contributed by atoms with Crippen LogP contribution in [0.5, 0.6) is 0 Å². The van der Waals surface area contributed by atoms with E-state index in [1.165, 1.54) is 18.2 Å². The SMILES string of the molecule is CCC(C)n1c(Cc2ccc(C)cc2)ccc1C(=O)OC. The summed E-state index contributed by atoms with van der Waals surface area (Å²) in [5.41, 5.74) is 4.29. The molecule has 0 bridgehead atoms. The molecule has 0 amide bonds. The first kappa shape index (κ1) is 15.4. The molecule has 112 valence electrons. The minimum atomic E-state index is -0.273. The molecule has 2 aromatic rings. The number of hydrogen-bond donors (Lipinski definition) is 0. The van der Waals surface area contributed by atoms with Crippen LogP contribution in [0.15, 0.2) is 36.4 Å². The molecular formula is C18H23NO2. The fourth-order valence-corrected chi connectivity index (χ4v) is 2.52. The van der Waals surface area contributed by atoms with Crippen molar-refractivity contribution >= 4 is 5.97 Å². The van der Waals surface area contributed by atoms with Gasteiger partial charge in [-0.05, 0) is 38.0 Å². The van der Waals surface area contributed by atoms with E-state index in [1.54, 1.807) is 0 Å². The lowest BCUT2D eigenvalue weighted by Gasteiger charge is -2.19. The quantitative estimate of drug-likeness (QED) is 0.773. The highest BCUT2D eigenvalue weighted by atomic mass is 16.5. The second kappa shape index (κ2) is 6.61. The van der Waals surface area contributed by atoms with E-state index in [0.29, 0.717) is 5.69 Å². The van der Waals surface area contributed by atoms with Crippen molar-refractivity contribution in [3.05, 3.63) is 58.9 Å². The van der Waals surface area contributed by atoms with Gasteiger partial charge in [-0.2, -0.15) is 0 Å². The van der Waals surface area contributed by atoms with Crippen molar-refractivity contribution in [2.75, 3.05) is 7.11 Å². The van der Waals surface area contributed by atoms with Crippen LogP contribution in [0.25, 0.3) is 0 Å². The maximum Gasteiger partial charge on any atom is 0.354 e. The fraction of sp³-hybridized carbons (Fsp3) is 0.389. The molecule has 1 atom stereocenters. The van der Waals surface area contributed by atoms with Crippen LogP contribution in [-0.2, 0) is 11.2 Å². The normalized spacial score (nSPS) is 12.2. The lowest BCUT2D eigenvalue weighted by molar-refractivity contribution is 0.0585. The number of rotatable bonds is 5. The third kappa shape index (κ3) is 3.35. The second-order valence-electron chi connectivity index (χ2n) is 5.49. The highest BCUT2D eigenvalue weighted by Crippen LogP contribution is 2.22. The van der Waals surface area contributed by atoms with Gasteiger partial charge in [0.1, 0.15) is 5.69 Å². The summed E-state index contributed by atoms with van der Waals surface area (Å²) in [6.07, 6.45) is 1.79. The molecule has 0 N–H and O–H groups in total. The maximum absolute atomic E-state index is 11.9. The molecule has 0 fully saturated rings. The number of carbonyl (C=O) groups is 1. The van der Waals surface area contributed by atoms with Gasteiger partial charge in [0.2, 0.25) is 0 Å². The van der Waals surface area contributed by atoms with Crippen LogP contribution in [0.2, 0.25) is 0 Å². The van der Waals surface area contributed by atoms with E-state index in [2.05, 4.69) is 49.6 Å². The van der Waals surface area contributed by atoms with Crippen LogP contribution in [0.3, 0.4) is 0 Å². The number of benzene rings is 1. The monoisotopic (exact) mass is 285 g/mol. The first-order valence-electron chi connectivity index (χ1n) is 7.40. The largest absolute Gasteiger partial charge is 0.464 e. The topological polar surface area (TPSA) is 31.2 Å². The molecule has 0 saturated carbocycles. The Hall–Kier alpha value is -2.03. The molecule has 0 aliphatic rings. The summed E-state index contributed by atoms with van der Waals surface area (Å²) in [6.45, 7) is 6.34. The van der Waals surface area contributed by atoms with E-state index >= 15 is 0 Å². The Morgan fingerprint density at radius 1 is 1.19 bits per heavy atom. The zero-order valence-electron chi connectivity index (χ0n) is 13.2. The van der Waals surface area contributed by atoms with Crippen molar-refractivity contribution in [3.8, 4) is 0 Å². The van der Waals surface area contributed by atoms with Crippen LogP contribution >= 0.6 is 0 Å². The molecule has 2 rings (SSSR count). The molecule has 0 aliphatic heterocycles. The van der Waals surface area contributed by atoms with Gasteiger partial charge in [-0.25, -0.2) is 4.79 Å². The molecule has 3 heteroatoms. The highest BCUT2D eigenvalue weighted by molar-refractivity contribution is 5.88. The van der Waals surface area contributed by atoms with Crippen molar-refractivity contribution in [3.63, 3.8) is 0 Å². The van der Waals surface area contributed by atoms with Crippen molar-refractivity contribution in [1.82, 2.24) is 4.57 Å². The zero-order valence-corrected chi connectivity index (χ0v) is 13.2. The lowest BCUT2D eigenvalue weighted by atomic mass is 10.1. The summed E-state index contributed by atoms with van der Waals surface area (Å²) >= 11 is 0. The predicted octanol–water partition coefficient (Wildman–Crippen LogP) is 4.14. The molecule has 0 radical (unpaired) electrons. The van der Waals surface area contributed by atoms with E-state index < -0.39 is 0 Å². The van der Waals surface area contributed by atoms with Gasteiger partial charge >= 0.3 is 5.97 Å². The third-order valence-electron chi connectivity index (χ3n) is 3.93. The summed E-state index contributed by atoms with van der Waals surface area (Å²) < 4.78 is 6.99. The van der Waals surface area contributed by atoms with E-state index in [4.69, 9.17) is 4.74 Å². The van der Waals surface area contributed by atoms with E-state index in [9.17, 15) is 4.79 Å². The smallest absolute Gasteiger partial charge is 0.354 e. The number of esters is 1. The second-order valence-corrected chi connectivity index (χ2v) is 5.49. The van der Waals surface area contributed by atoms with Gasteiger partial charge in [0.25, 0.3) is 0 Å². The highest BCUT2D eigenvalue weighted by Gasteiger charge is 2.18. The molecular weight excluding hydrogens is 262 g/mol. The Kier molecular flexibility index (Phi) is 4.84. The number of hydrogen-bond acceptors (Lipinski definition) is 2. The van der Waals surface area contributed by atoms with Gasteiger partial charge < -0.3 is 9.30 Å². The molecule has 0 aliphatic carbocycles. The van der Waals surface area contributed by atoms with Crippen LogP contribution < -0.4 is 0 Å². The first-order chi connectivity index (χ1) is 10.1. The summed E-state index contributed by atoms with van der Waals surface area (Å²) in [4.78, 5) is 11.9. The Morgan fingerprint density at radius 3 is 2.43 bits per heavy atom. The molecule has 3 nitrogen and oxygen atoms in total. The van der Waals surface area contributed by atoms with Crippen molar-refractivity contribution in [2.24, 2.45) is 0 Å². The number of aryl methyl sites for hydroxylation is 1. The van der Waals surface area contributed by atoms with Crippen LogP contribution in [0.1, 0.15) is 53.6 Å². The molecule has 0 saturated heterocycles. The summed E-state index contributed by atoms with van der Waals surface area (Å²) in [7, 11) is 1.43. The third-order valence-corrected chi connectivity index (χ3v) is 3.93. The number of methoxy groups -OCH3 is 1. The van der Waals surface area contributed by atoms with Crippen LogP contribution in [0.4, 0.5) is 0 Å². The number of aromatic nitrogens is 1. The predicted molar refractivity (Wildman–Crippen MR) is 84.8 cm³/mol. The van der Waals surface area contributed by atoms with Gasteiger partial charge in [0.15, 0.2) is 0 Å². The number of carbonyl (C=O) groups excluding carboxylic acids is 1. The Bertz CT molecular complexity index is 611. The Balaban J connectivity index is 2.36. The molecule has 21 heavy (non-hydrogen) atoms. The maximum atomic E-state index is 11.9. The Labute approximate surface area is 126 Å². The minimum Gasteiger partial charge on any atom is -0.464 e. The molecule has 0 spiro atoms. The minimum absolute atomic E-state index is 0.273. The molecule has 1 aromatic heterocycles. The zero-order chi connectivity index (χ0) is 15.4. The van der Waals surface area contributed by atoms with Crippen LogP contribution in [-0.4, -0.2) is 17.6 Å². The lowest BCUT2D eigenvalue weighted by Crippen LogP contribution is -2.16. The van der Waals surface area contributed by atoms with Gasteiger partial charge in [-0.3, -0.25) is 0 Å². The summed E-state index contributed by atoms with van der Waals surface area (Å²) in [6, 6.07) is 12.7. The molecule has 1 aromatic carbocycles. The summed E-state index contributed by atoms with van der Waals surface area (Å²) in [5, 5.41) is 0. The average molecular weight is 285 g/mol. The summed E-state index contributed by atoms with van der Waals surface area (Å²) in [5.74, 6) is -0.273. The van der Waals surface area contributed by atoms with Crippen LogP contribution in [0, 0.1) is 6.92 Å². The van der Waals surface area contributed by atoms with E-state index in [-0.39, 0.29) is 12.0 Å². The van der Waals surface area contributed by atoms with Gasteiger partial charge in [-0.15, -0.1) is 0 Å². The van der Waals surface area contributed by atoms with Gasteiger partial charge in [0, 0.05) is 18.2 Å². The molecule has 1 heterocycles. The van der Waals surface area contributed by atoms with Gasteiger partial charge in [-0.1, -0.05) is 36.8 Å². The standard InChI is InChI=1S/C18H23NO2/c1-5-14(3)19-16(10-11-17(19)18(20)21-4)12-15-8-6-13(2)7-9-15/h6-11,14H,5,12H2,1-4H3. The number of nitrogens with zero attached hydrogens (tertiary/aromatic N) is 1. The number of ether oxygens (including phenoxy) is 1. The Morgan fingerprint density at radius 2 is 1.86 bits per heavy atom. The van der Waals surface area contributed by atoms with E-state index in [1.807, 2.05) is 12.1 Å². The van der Waals surface area contributed by atoms with Crippen molar-refractivity contribution < 1.29 is 9.53 Å².